The van der Waals surface area contributed by atoms with Crippen molar-refractivity contribution in [2.45, 2.75) is 366 Å². The second-order valence-electron chi connectivity index (χ2n) is 21.7. The van der Waals surface area contributed by atoms with Crippen molar-refractivity contribution in [1.29, 1.82) is 0 Å². The number of nitrogens with one attached hydrogen (secondary N) is 1. The number of amides is 1. The van der Waals surface area contributed by atoms with Gasteiger partial charge in [0.2, 0.25) is 5.91 Å². The van der Waals surface area contributed by atoms with Crippen molar-refractivity contribution in [3.8, 4) is 0 Å². The third-order valence-corrected chi connectivity index (χ3v) is 14.8. The van der Waals surface area contributed by atoms with Gasteiger partial charge in [-0.3, -0.25) is 9.59 Å². The molecule has 0 spiro atoms. The number of hydrogen-bond acceptors (Lipinski definition) is 5. The second-order valence-corrected chi connectivity index (χ2v) is 21.7. The molecule has 0 aromatic rings. The topological polar surface area (TPSA) is 95.9 Å². The van der Waals surface area contributed by atoms with Crippen molar-refractivity contribution < 1.29 is 24.5 Å². The normalized spacial score (nSPS) is 12.6. The number of carbonyl (C=O) groups excluding carboxylic acids is 2. The van der Waals surface area contributed by atoms with Crippen LogP contribution in [0.2, 0.25) is 0 Å². The van der Waals surface area contributed by atoms with Crippen molar-refractivity contribution in [3.05, 3.63) is 12.2 Å². The average molecular weight is 975 g/mol. The number of rotatable bonds is 59. The molecule has 0 aromatic heterocycles. The predicted molar refractivity (Wildman–Crippen MR) is 301 cm³/mol. The van der Waals surface area contributed by atoms with E-state index in [1.807, 2.05) is 0 Å². The zero-order chi connectivity index (χ0) is 50.0. The van der Waals surface area contributed by atoms with Gasteiger partial charge in [0.1, 0.15) is 0 Å². The maximum atomic E-state index is 12.5. The number of carbonyl (C=O) groups is 2. The Bertz CT molecular complexity index is 1030. The van der Waals surface area contributed by atoms with Crippen LogP contribution in [0.1, 0.15) is 354 Å². The molecule has 0 radical (unpaired) electrons. The molecule has 6 heteroatoms. The van der Waals surface area contributed by atoms with E-state index in [2.05, 4.69) is 31.3 Å². The zero-order valence-corrected chi connectivity index (χ0v) is 46.8. The first-order valence-corrected chi connectivity index (χ1v) is 31.4. The molecule has 0 fully saturated rings. The van der Waals surface area contributed by atoms with Crippen molar-refractivity contribution in [2.75, 3.05) is 13.2 Å². The Morgan fingerprint density at radius 3 is 1.03 bits per heavy atom. The standard InChI is InChI=1S/C63H123NO5/c1-3-5-7-9-11-13-15-32-37-41-45-49-53-57-63(68)69-58-54-50-46-42-38-34-31-29-27-25-23-21-19-17-18-20-22-24-26-28-30-33-36-40-44-48-52-56-62(67)64-60(59-65)61(66)55-51-47-43-39-35-16-14-12-10-8-6-4-2/h17-18,60-61,65-66H,3-16,19-59H2,1-2H3,(H,64,67)/b18-17-. The van der Waals surface area contributed by atoms with Gasteiger partial charge in [0.25, 0.3) is 0 Å². The molecule has 0 aliphatic heterocycles. The number of allylic oxidation sites excluding steroid dienone is 2. The quantitative estimate of drug-likeness (QED) is 0.0321. The van der Waals surface area contributed by atoms with E-state index in [0.29, 0.717) is 25.9 Å². The van der Waals surface area contributed by atoms with Gasteiger partial charge in [-0.1, -0.05) is 302 Å². The lowest BCUT2D eigenvalue weighted by Crippen LogP contribution is -2.45. The first kappa shape index (κ1) is 67.6. The molecular formula is C63H123NO5. The van der Waals surface area contributed by atoms with E-state index in [1.54, 1.807) is 0 Å². The van der Waals surface area contributed by atoms with Gasteiger partial charge in [-0.15, -0.1) is 0 Å². The lowest BCUT2D eigenvalue weighted by atomic mass is 10.0. The molecule has 0 bridgehead atoms. The maximum absolute atomic E-state index is 12.5. The fourth-order valence-electron chi connectivity index (χ4n) is 9.99. The van der Waals surface area contributed by atoms with Crippen molar-refractivity contribution in [1.82, 2.24) is 5.32 Å². The van der Waals surface area contributed by atoms with Crippen molar-refractivity contribution in [3.63, 3.8) is 0 Å². The lowest BCUT2D eigenvalue weighted by Gasteiger charge is -2.22. The van der Waals surface area contributed by atoms with Crippen LogP contribution in [0.5, 0.6) is 0 Å². The van der Waals surface area contributed by atoms with Gasteiger partial charge in [0.15, 0.2) is 0 Å². The summed E-state index contributed by atoms with van der Waals surface area (Å²) in [6.07, 6.45) is 70.9. The number of unbranched alkanes of at least 4 members (excludes halogenated alkanes) is 46. The summed E-state index contributed by atoms with van der Waals surface area (Å²) in [5.74, 6) is -0.0174. The number of hydrogen-bond donors (Lipinski definition) is 3. The highest BCUT2D eigenvalue weighted by Gasteiger charge is 2.20. The molecule has 0 rings (SSSR count). The number of ether oxygens (including phenoxy) is 1. The minimum atomic E-state index is -0.663. The summed E-state index contributed by atoms with van der Waals surface area (Å²) in [5.41, 5.74) is 0. The molecule has 2 unspecified atom stereocenters. The van der Waals surface area contributed by atoms with Crippen LogP contribution in [0.15, 0.2) is 12.2 Å². The molecule has 0 saturated heterocycles. The van der Waals surface area contributed by atoms with Gasteiger partial charge in [-0.2, -0.15) is 0 Å². The van der Waals surface area contributed by atoms with Crippen LogP contribution in [-0.2, 0) is 14.3 Å². The molecule has 69 heavy (non-hydrogen) atoms. The van der Waals surface area contributed by atoms with E-state index in [9.17, 15) is 19.8 Å². The summed E-state index contributed by atoms with van der Waals surface area (Å²) in [6, 6.07) is -0.540. The van der Waals surface area contributed by atoms with E-state index in [-0.39, 0.29) is 18.5 Å². The second kappa shape index (κ2) is 59.2. The Labute approximate surface area is 431 Å². The van der Waals surface area contributed by atoms with E-state index in [1.165, 1.54) is 283 Å². The summed E-state index contributed by atoms with van der Waals surface area (Å²) in [5, 5.41) is 23.2. The van der Waals surface area contributed by atoms with Crippen LogP contribution in [0.3, 0.4) is 0 Å². The minimum absolute atomic E-state index is 0.0172. The smallest absolute Gasteiger partial charge is 0.305 e. The fraction of sp³-hybridized carbons (Fsp3) is 0.937. The Morgan fingerprint density at radius 1 is 0.391 bits per heavy atom. The molecule has 0 aromatic carbocycles. The van der Waals surface area contributed by atoms with Crippen LogP contribution in [0.25, 0.3) is 0 Å². The van der Waals surface area contributed by atoms with Gasteiger partial charge in [-0.05, 0) is 51.4 Å². The Kier molecular flexibility index (Phi) is 58.0. The van der Waals surface area contributed by atoms with Crippen LogP contribution in [0, 0.1) is 0 Å². The summed E-state index contributed by atoms with van der Waals surface area (Å²) in [6.45, 7) is 4.97. The SMILES string of the molecule is CCCCCCCCCCCCCCCC(=O)OCCCCCCCCCCCCCC/C=C\CCCCCCCCCCCCCC(=O)NC(CO)C(O)CCCCCCCCCCCCCC. The molecule has 0 aliphatic carbocycles. The largest absolute Gasteiger partial charge is 0.466 e. The zero-order valence-electron chi connectivity index (χ0n) is 46.8. The fourth-order valence-corrected chi connectivity index (χ4v) is 9.99. The highest BCUT2D eigenvalue weighted by atomic mass is 16.5. The third kappa shape index (κ3) is 55.8. The third-order valence-electron chi connectivity index (χ3n) is 14.8. The monoisotopic (exact) mass is 974 g/mol. The van der Waals surface area contributed by atoms with Gasteiger partial charge in [0.05, 0.1) is 25.4 Å². The minimum Gasteiger partial charge on any atom is -0.466 e. The van der Waals surface area contributed by atoms with Crippen molar-refractivity contribution >= 4 is 11.9 Å². The molecule has 0 heterocycles. The van der Waals surface area contributed by atoms with E-state index >= 15 is 0 Å². The Balaban J connectivity index is 3.36. The van der Waals surface area contributed by atoms with Gasteiger partial charge in [0, 0.05) is 12.8 Å². The summed E-state index contributed by atoms with van der Waals surface area (Å²) in [4.78, 5) is 24.5. The summed E-state index contributed by atoms with van der Waals surface area (Å²) in [7, 11) is 0. The molecule has 2 atom stereocenters. The highest BCUT2D eigenvalue weighted by Crippen LogP contribution is 2.18. The number of aliphatic hydroxyl groups excluding tert-OH is 2. The van der Waals surface area contributed by atoms with Gasteiger partial charge in [-0.25, -0.2) is 0 Å². The molecule has 0 saturated carbocycles. The Hall–Kier alpha value is -1.40. The first-order chi connectivity index (χ1) is 34.0. The number of aliphatic hydroxyl groups is 2. The van der Waals surface area contributed by atoms with E-state index in [0.717, 1.165) is 38.5 Å². The van der Waals surface area contributed by atoms with E-state index in [4.69, 9.17) is 4.74 Å². The van der Waals surface area contributed by atoms with Gasteiger partial charge >= 0.3 is 5.97 Å². The van der Waals surface area contributed by atoms with E-state index < -0.39 is 12.1 Å². The summed E-state index contributed by atoms with van der Waals surface area (Å²) < 4.78 is 5.48. The molecule has 6 nitrogen and oxygen atoms in total. The van der Waals surface area contributed by atoms with Crippen molar-refractivity contribution in [2.24, 2.45) is 0 Å². The van der Waals surface area contributed by atoms with Crippen LogP contribution in [-0.4, -0.2) is 47.4 Å². The predicted octanol–water partition coefficient (Wildman–Crippen LogP) is 19.6. The Morgan fingerprint density at radius 2 is 0.681 bits per heavy atom. The molecule has 1 amide bonds. The van der Waals surface area contributed by atoms with Crippen LogP contribution in [0.4, 0.5) is 0 Å². The highest BCUT2D eigenvalue weighted by molar-refractivity contribution is 5.76. The molecule has 3 N–H and O–H groups in total. The maximum Gasteiger partial charge on any atom is 0.305 e. The first-order valence-electron chi connectivity index (χ1n) is 31.4. The van der Waals surface area contributed by atoms with Crippen LogP contribution < -0.4 is 5.32 Å². The molecule has 410 valence electrons. The average Bonchev–Trinajstić information content (AvgIpc) is 3.35. The summed E-state index contributed by atoms with van der Waals surface area (Å²) >= 11 is 0. The molecular weight excluding hydrogens is 851 g/mol. The molecule has 0 aliphatic rings. The van der Waals surface area contributed by atoms with Crippen LogP contribution >= 0.6 is 0 Å². The number of esters is 1. The lowest BCUT2D eigenvalue weighted by molar-refractivity contribution is -0.143. The van der Waals surface area contributed by atoms with Gasteiger partial charge < -0.3 is 20.3 Å².